The van der Waals surface area contributed by atoms with Crippen molar-refractivity contribution in [3.8, 4) is 0 Å². The summed E-state index contributed by atoms with van der Waals surface area (Å²) in [6, 6.07) is 6.10. The van der Waals surface area contributed by atoms with Crippen molar-refractivity contribution in [2.24, 2.45) is 11.7 Å². The second-order valence-electron chi connectivity index (χ2n) is 5.45. The van der Waals surface area contributed by atoms with Gasteiger partial charge in [0.15, 0.2) is 0 Å². The minimum Gasteiger partial charge on any atom is -0.342 e. The maximum atomic E-state index is 12.2. The van der Waals surface area contributed by atoms with Crippen molar-refractivity contribution in [3.63, 3.8) is 0 Å². The molecule has 1 unspecified atom stereocenters. The number of nitrogens with two attached hydrogens (primary N) is 1. The summed E-state index contributed by atoms with van der Waals surface area (Å²) in [6.45, 7) is 2.35. The number of rotatable bonds is 4. The Balaban J connectivity index is 1.60. The largest absolute Gasteiger partial charge is 0.342 e. The number of likely N-dealkylation sites (tertiary alicyclic amines) is 1. The lowest BCUT2D eigenvalue weighted by Gasteiger charge is -2.15. The number of nitrogens with zero attached hydrogens (tertiary/aromatic N) is 2. The standard InChI is InChI=1S/C15H18BrN3OS/c16-11-1-2-13-12(7-11)18-14(21-13)3-4-15(20)19-6-5-10(8-17)9-19/h1-2,7,10H,3-6,8-9,17H2. The van der Waals surface area contributed by atoms with Crippen molar-refractivity contribution in [3.05, 3.63) is 27.7 Å². The number of fused-ring (bicyclic) bond motifs is 1. The van der Waals surface area contributed by atoms with Crippen LogP contribution in [0, 0.1) is 5.92 Å². The first kappa shape index (κ1) is 14.9. The molecule has 0 aliphatic carbocycles. The Hall–Kier alpha value is -0.980. The van der Waals surface area contributed by atoms with Crippen LogP contribution in [0.15, 0.2) is 22.7 Å². The van der Waals surface area contributed by atoms with Crippen molar-refractivity contribution >= 4 is 43.4 Å². The second-order valence-corrected chi connectivity index (χ2v) is 7.48. The summed E-state index contributed by atoms with van der Waals surface area (Å²) in [4.78, 5) is 18.8. The molecule has 2 aromatic rings. The van der Waals surface area contributed by atoms with E-state index in [1.165, 1.54) is 4.70 Å². The number of hydrogen-bond acceptors (Lipinski definition) is 4. The Morgan fingerprint density at radius 1 is 1.52 bits per heavy atom. The molecule has 3 rings (SSSR count). The maximum Gasteiger partial charge on any atom is 0.222 e. The third-order valence-corrected chi connectivity index (χ3v) is 5.51. The van der Waals surface area contributed by atoms with Crippen LogP contribution in [0.5, 0.6) is 0 Å². The van der Waals surface area contributed by atoms with Gasteiger partial charge in [-0.3, -0.25) is 4.79 Å². The number of carbonyl (C=O) groups excluding carboxylic acids is 1. The first-order valence-electron chi connectivity index (χ1n) is 7.18. The zero-order valence-corrected chi connectivity index (χ0v) is 14.1. The quantitative estimate of drug-likeness (QED) is 0.903. The third-order valence-electron chi connectivity index (χ3n) is 3.92. The lowest BCUT2D eigenvalue weighted by molar-refractivity contribution is -0.130. The van der Waals surface area contributed by atoms with E-state index in [0.717, 1.165) is 40.9 Å². The number of amides is 1. The zero-order chi connectivity index (χ0) is 14.8. The minimum absolute atomic E-state index is 0.228. The van der Waals surface area contributed by atoms with Crippen molar-refractivity contribution in [1.82, 2.24) is 9.88 Å². The molecule has 0 bridgehead atoms. The van der Waals surface area contributed by atoms with Gasteiger partial charge in [0.1, 0.15) is 0 Å². The minimum atomic E-state index is 0.228. The van der Waals surface area contributed by atoms with Gasteiger partial charge in [-0.05, 0) is 37.1 Å². The molecule has 0 radical (unpaired) electrons. The van der Waals surface area contributed by atoms with Gasteiger partial charge in [-0.2, -0.15) is 0 Å². The highest BCUT2D eigenvalue weighted by atomic mass is 79.9. The summed E-state index contributed by atoms with van der Waals surface area (Å²) < 4.78 is 2.21. The predicted octanol–water partition coefficient (Wildman–Crippen LogP) is 2.80. The number of aryl methyl sites for hydroxylation is 1. The molecule has 1 aliphatic heterocycles. The first-order chi connectivity index (χ1) is 10.2. The summed E-state index contributed by atoms with van der Waals surface area (Å²) in [7, 11) is 0. The molecule has 1 fully saturated rings. The number of benzene rings is 1. The molecule has 1 saturated heterocycles. The zero-order valence-electron chi connectivity index (χ0n) is 11.7. The topological polar surface area (TPSA) is 59.2 Å². The third kappa shape index (κ3) is 3.44. The Kier molecular flexibility index (Phi) is 4.57. The normalized spacial score (nSPS) is 18.6. The van der Waals surface area contributed by atoms with Gasteiger partial charge in [0.05, 0.1) is 15.2 Å². The van der Waals surface area contributed by atoms with Crippen LogP contribution in [0.1, 0.15) is 17.8 Å². The molecule has 6 heteroatoms. The van der Waals surface area contributed by atoms with E-state index in [1.807, 2.05) is 17.0 Å². The van der Waals surface area contributed by atoms with E-state index in [1.54, 1.807) is 11.3 Å². The van der Waals surface area contributed by atoms with Crippen LogP contribution in [-0.4, -0.2) is 35.4 Å². The molecule has 1 aromatic heterocycles. The van der Waals surface area contributed by atoms with E-state index >= 15 is 0 Å². The molecule has 0 saturated carbocycles. The van der Waals surface area contributed by atoms with Crippen LogP contribution in [0.25, 0.3) is 10.2 Å². The Bertz CT molecular complexity index is 657. The summed E-state index contributed by atoms with van der Waals surface area (Å²) in [5, 5.41) is 1.03. The lowest BCUT2D eigenvalue weighted by atomic mass is 10.1. The Morgan fingerprint density at radius 3 is 3.14 bits per heavy atom. The van der Waals surface area contributed by atoms with Crippen LogP contribution in [0.2, 0.25) is 0 Å². The molecule has 2 heterocycles. The average molecular weight is 368 g/mol. The molecule has 2 N–H and O–H groups in total. The lowest BCUT2D eigenvalue weighted by Crippen LogP contribution is -2.29. The fourth-order valence-electron chi connectivity index (χ4n) is 2.68. The summed E-state index contributed by atoms with van der Waals surface area (Å²) in [6.07, 6.45) is 2.30. The molecular formula is C15H18BrN3OS. The molecule has 1 amide bonds. The highest BCUT2D eigenvalue weighted by Crippen LogP contribution is 2.26. The Morgan fingerprint density at radius 2 is 2.38 bits per heavy atom. The van der Waals surface area contributed by atoms with Crippen LogP contribution in [0.3, 0.4) is 0 Å². The Labute approximate surface area is 136 Å². The van der Waals surface area contributed by atoms with E-state index in [9.17, 15) is 4.79 Å². The number of thiazole rings is 1. The van der Waals surface area contributed by atoms with Gasteiger partial charge >= 0.3 is 0 Å². The number of carbonyl (C=O) groups is 1. The van der Waals surface area contributed by atoms with Crippen molar-refractivity contribution in [1.29, 1.82) is 0 Å². The summed E-state index contributed by atoms with van der Waals surface area (Å²) in [5.74, 6) is 0.708. The van der Waals surface area contributed by atoms with E-state index in [-0.39, 0.29) is 5.91 Å². The molecule has 1 aliphatic rings. The molecule has 4 nitrogen and oxygen atoms in total. The van der Waals surface area contributed by atoms with E-state index in [2.05, 4.69) is 27.0 Å². The molecular weight excluding hydrogens is 350 g/mol. The van der Waals surface area contributed by atoms with Gasteiger partial charge in [-0.1, -0.05) is 15.9 Å². The molecule has 1 atom stereocenters. The molecule has 0 spiro atoms. The maximum absolute atomic E-state index is 12.2. The fourth-order valence-corrected chi connectivity index (χ4v) is 3.97. The summed E-state index contributed by atoms with van der Waals surface area (Å²) >= 11 is 5.13. The van der Waals surface area contributed by atoms with Gasteiger partial charge < -0.3 is 10.6 Å². The smallest absolute Gasteiger partial charge is 0.222 e. The average Bonchev–Trinajstić information content (AvgIpc) is 3.10. The van der Waals surface area contributed by atoms with E-state index < -0.39 is 0 Å². The first-order valence-corrected chi connectivity index (χ1v) is 8.79. The van der Waals surface area contributed by atoms with Crippen molar-refractivity contribution in [2.75, 3.05) is 19.6 Å². The number of halogens is 1. The molecule has 112 valence electrons. The molecule has 1 aromatic carbocycles. The van der Waals surface area contributed by atoms with E-state index in [4.69, 9.17) is 5.73 Å². The van der Waals surface area contributed by atoms with E-state index in [0.29, 0.717) is 18.9 Å². The van der Waals surface area contributed by atoms with Crippen LogP contribution in [0.4, 0.5) is 0 Å². The highest BCUT2D eigenvalue weighted by molar-refractivity contribution is 9.10. The van der Waals surface area contributed by atoms with Crippen LogP contribution in [-0.2, 0) is 11.2 Å². The second kappa shape index (κ2) is 6.42. The van der Waals surface area contributed by atoms with Crippen molar-refractivity contribution < 1.29 is 4.79 Å². The van der Waals surface area contributed by atoms with Gasteiger partial charge in [0, 0.05) is 30.4 Å². The fraction of sp³-hybridized carbons (Fsp3) is 0.467. The van der Waals surface area contributed by atoms with Gasteiger partial charge in [-0.15, -0.1) is 11.3 Å². The monoisotopic (exact) mass is 367 g/mol. The predicted molar refractivity (Wildman–Crippen MR) is 89.4 cm³/mol. The summed E-state index contributed by atoms with van der Waals surface area (Å²) in [5.41, 5.74) is 6.67. The number of aromatic nitrogens is 1. The van der Waals surface area contributed by atoms with Gasteiger partial charge in [-0.25, -0.2) is 4.98 Å². The van der Waals surface area contributed by atoms with Gasteiger partial charge in [0.25, 0.3) is 0 Å². The molecule has 21 heavy (non-hydrogen) atoms. The highest BCUT2D eigenvalue weighted by Gasteiger charge is 2.24. The van der Waals surface area contributed by atoms with Crippen LogP contribution < -0.4 is 5.73 Å². The van der Waals surface area contributed by atoms with Gasteiger partial charge in [0.2, 0.25) is 5.91 Å². The number of hydrogen-bond donors (Lipinski definition) is 1. The van der Waals surface area contributed by atoms with Crippen molar-refractivity contribution in [2.45, 2.75) is 19.3 Å². The SMILES string of the molecule is NCC1CCN(C(=O)CCc2nc3cc(Br)ccc3s2)C1. The van der Waals surface area contributed by atoms with Crippen LogP contribution >= 0.6 is 27.3 Å².